The van der Waals surface area contributed by atoms with Gasteiger partial charge in [0.1, 0.15) is 48.8 Å². The maximum absolute atomic E-state index is 13.4. The number of allylic oxidation sites excluding steroid dienone is 10. The Kier molecular flexibility index (Phi) is 63.5. The van der Waals surface area contributed by atoms with Gasteiger partial charge in [-0.1, -0.05) is 370 Å². The van der Waals surface area contributed by atoms with Crippen LogP contribution in [0.2, 0.25) is 0 Å². The molecular formula is C84H155NO13. The molecule has 12 atom stereocenters. The summed E-state index contributed by atoms with van der Waals surface area (Å²) < 4.78 is 23.0. The third kappa shape index (κ3) is 50.2. The number of nitrogens with one attached hydrogen (secondary N) is 1. The van der Waals surface area contributed by atoms with Gasteiger partial charge in [-0.15, -0.1) is 0 Å². The van der Waals surface area contributed by atoms with Gasteiger partial charge < -0.3 is 65.1 Å². The summed E-state index contributed by atoms with van der Waals surface area (Å²) >= 11 is 0. The molecule has 2 saturated heterocycles. The summed E-state index contributed by atoms with van der Waals surface area (Å²) in [4.78, 5) is 13.4. The molecule has 0 spiro atoms. The summed E-state index contributed by atoms with van der Waals surface area (Å²) in [5.41, 5.74) is 0. The summed E-state index contributed by atoms with van der Waals surface area (Å²) in [5.74, 6) is -0.199. The van der Waals surface area contributed by atoms with E-state index < -0.39 is 86.8 Å². The van der Waals surface area contributed by atoms with Crippen molar-refractivity contribution >= 4 is 5.91 Å². The molecular weight excluding hydrogens is 1230 g/mol. The minimum absolute atomic E-state index is 0.199. The lowest BCUT2D eigenvalue weighted by molar-refractivity contribution is -0.359. The van der Waals surface area contributed by atoms with E-state index in [-0.39, 0.29) is 12.5 Å². The molecule has 9 N–H and O–H groups in total. The van der Waals surface area contributed by atoms with Gasteiger partial charge in [-0.05, 0) is 57.8 Å². The largest absolute Gasteiger partial charge is 0.394 e. The molecule has 0 aromatic carbocycles. The van der Waals surface area contributed by atoms with Crippen LogP contribution < -0.4 is 5.32 Å². The summed E-state index contributed by atoms with van der Waals surface area (Å²) in [6, 6.07) is -0.831. The third-order valence-electron chi connectivity index (χ3n) is 20.2. The van der Waals surface area contributed by atoms with Crippen LogP contribution in [0.3, 0.4) is 0 Å². The number of hydrogen-bond acceptors (Lipinski definition) is 13. The van der Waals surface area contributed by atoms with Crippen LogP contribution >= 0.6 is 0 Å². The Bertz CT molecular complexity index is 1880. The van der Waals surface area contributed by atoms with Crippen LogP contribution in [0.4, 0.5) is 0 Å². The van der Waals surface area contributed by atoms with Gasteiger partial charge in [-0.2, -0.15) is 0 Å². The average Bonchev–Trinajstić information content (AvgIpc) is 0.793. The molecule has 98 heavy (non-hydrogen) atoms. The molecule has 2 aliphatic heterocycles. The van der Waals surface area contributed by atoms with E-state index in [0.29, 0.717) is 12.8 Å². The maximum Gasteiger partial charge on any atom is 0.220 e. The second kappa shape index (κ2) is 67.8. The SMILES string of the molecule is CC/C=C\C/C=C\C/C=C\C/C=C\C/C=C\CCCCCCCCCCCCCCCCCCCCCCCC(=O)NC(COC1OC(CO)C(OC2OC(CO)C(O)C(O)C2O)C(O)C1O)C(O)CCCCCCCCCCCCCCCCCCCCCCCCCCCCC. The van der Waals surface area contributed by atoms with Crippen LogP contribution in [0.25, 0.3) is 0 Å². The topological polar surface area (TPSA) is 228 Å². The minimum Gasteiger partial charge on any atom is -0.394 e. The van der Waals surface area contributed by atoms with Crippen LogP contribution in [0, 0.1) is 0 Å². The molecule has 2 fully saturated rings. The van der Waals surface area contributed by atoms with Gasteiger partial charge in [0, 0.05) is 6.42 Å². The highest BCUT2D eigenvalue weighted by molar-refractivity contribution is 5.76. The highest BCUT2D eigenvalue weighted by Crippen LogP contribution is 2.30. The number of carbonyl (C=O) groups excluding carboxylic acids is 1. The lowest BCUT2D eigenvalue weighted by Crippen LogP contribution is -2.65. The molecule has 14 heteroatoms. The summed E-state index contributed by atoms with van der Waals surface area (Å²) in [6.45, 7) is 2.81. The first-order valence-corrected chi connectivity index (χ1v) is 41.5. The second-order valence-electron chi connectivity index (χ2n) is 29.2. The Labute approximate surface area is 600 Å². The molecule has 0 aromatic heterocycles. The van der Waals surface area contributed by atoms with Gasteiger partial charge in [-0.3, -0.25) is 4.79 Å². The van der Waals surface area contributed by atoms with Crippen LogP contribution in [0.1, 0.15) is 373 Å². The number of unbranched alkanes of at least 4 members (excludes halogenated alkanes) is 47. The van der Waals surface area contributed by atoms with Crippen molar-refractivity contribution in [1.82, 2.24) is 5.32 Å². The zero-order chi connectivity index (χ0) is 70.8. The number of amides is 1. The van der Waals surface area contributed by atoms with Crippen molar-refractivity contribution in [3.05, 3.63) is 60.8 Å². The predicted molar refractivity (Wildman–Crippen MR) is 406 cm³/mol. The molecule has 0 radical (unpaired) electrons. The third-order valence-corrected chi connectivity index (χ3v) is 20.2. The van der Waals surface area contributed by atoms with Crippen LogP contribution in [0.5, 0.6) is 0 Å². The zero-order valence-electron chi connectivity index (χ0n) is 63.0. The fourth-order valence-electron chi connectivity index (χ4n) is 13.7. The first kappa shape index (κ1) is 91.8. The van der Waals surface area contributed by atoms with E-state index in [0.717, 1.165) is 83.5 Å². The number of rotatable bonds is 70. The van der Waals surface area contributed by atoms with Gasteiger partial charge >= 0.3 is 0 Å². The lowest BCUT2D eigenvalue weighted by Gasteiger charge is -2.46. The molecule has 2 aliphatic rings. The molecule has 574 valence electrons. The van der Waals surface area contributed by atoms with Gasteiger partial charge in [0.25, 0.3) is 0 Å². The van der Waals surface area contributed by atoms with Crippen molar-refractivity contribution in [1.29, 1.82) is 0 Å². The summed E-state index contributed by atoms with van der Waals surface area (Å²) in [6.07, 6.45) is 75.5. The highest BCUT2D eigenvalue weighted by Gasteiger charge is 2.51. The fraction of sp³-hybridized carbons (Fsp3) is 0.869. The number of aliphatic hydroxyl groups is 8. The van der Waals surface area contributed by atoms with E-state index in [1.807, 2.05) is 0 Å². The molecule has 2 heterocycles. The Hall–Kier alpha value is -2.31. The van der Waals surface area contributed by atoms with Crippen molar-refractivity contribution in [2.45, 2.75) is 447 Å². The number of hydrogen-bond donors (Lipinski definition) is 9. The summed E-state index contributed by atoms with van der Waals surface area (Å²) in [5, 5.41) is 87.9. The number of ether oxygens (including phenoxy) is 4. The molecule has 0 aliphatic carbocycles. The van der Waals surface area contributed by atoms with Crippen molar-refractivity contribution in [3.8, 4) is 0 Å². The highest BCUT2D eigenvalue weighted by atomic mass is 16.7. The number of carbonyl (C=O) groups is 1. The van der Waals surface area contributed by atoms with Crippen molar-refractivity contribution in [2.75, 3.05) is 19.8 Å². The fourth-order valence-corrected chi connectivity index (χ4v) is 13.7. The molecule has 0 bridgehead atoms. The van der Waals surface area contributed by atoms with E-state index in [9.17, 15) is 45.6 Å². The zero-order valence-corrected chi connectivity index (χ0v) is 63.0. The van der Waals surface area contributed by atoms with Gasteiger partial charge in [0.15, 0.2) is 12.6 Å². The van der Waals surface area contributed by atoms with Crippen molar-refractivity contribution in [2.24, 2.45) is 0 Å². The van der Waals surface area contributed by atoms with E-state index in [2.05, 4.69) is 79.9 Å². The van der Waals surface area contributed by atoms with Crippen LogP contribution in [-0.2, 0) is 23.7 Å². The molecule has 2 rings (SSSR count). The first-order chi connectivity index (χ1) is 48.1. The summed E-state index contributed by atoms with van der Waals surface area (Å²) in [7, 11) is 0. The number of aliphatic hydroxyl groups excluding tert-OH is 8. The first-order valence-electron chi connectivity index (χ1n) is 41.5. The Morgan fingerprint density at radius 3 is 1.08 bits per heavy atom. The van der Waals surface area contributed by atoms with Crippen LogP contribution in [-0.4, -0.2) is 140 Å². The van der Waals surface area contributed by atoms with Gasteiger partial charge in [0.2, 0.25) is 5.91 Å². The second-order valence-corrected chi connectivity index (χ2v) is 29.2. The Balaban J connectivity index is 1.58. The molecule has 0 saturated carbocycles. The van der Waals surface area contributed by atoms with E-state index in [1.165, 1.54) is 263 Å². The average molecular weight is 1390 g/mol. The predicted octanol–water partition coefficient (Wildman–Crippen LogP) is 19.1. The van der Waals surface area contributed by atoms with E-state index in [4.69, 9.17) is 18.9 Å². The standard InChI is InChI=1S/C84H155NO13/c1-3-5-7-9-11-13-15-17-19-21-23-25-27-29-31-32-33-34-35-36-37-38-39-40-42-44-46-48-50-52-54-56-58-60-62-64-66-68-76(89)85-72(71-95-83-81(94)79(92)82(75(70-87)97-83)98-84-80(93)78(91)77(90)74(69-86)96-84)73(88)67-65-63-61-59-57-55-53-51-49-47-45-43-41-30-28-26-24-22-20-18-16-14-12-10-8-6-4-2/h5,7,11,13,17,19,23,25,29,31,72-75,77-84,86-88,90-94H,3-4,6,8-10,12,14-16,18,20-22,24,26-28,30,32-71H2,1-2H3,(H,85,89)/b7-5-,13-11-,19-17-,25-23-,31-29-. The van der Waals surface area contributed by atoms with E-state index >= 15 is 0 Å². The normalized spacial score (nSPS) is 22.3. The van der Waals surface area contributed by atoms with Gasteiger partial charge in [-0.25, -0.2) is 0 Å². The van der Waals surface area contributed by atoms with E-state index in [1.54, 1.807) is 0 Å². The lowest BCUT2D eigenvalue weighted by atomic mass is 9.97. The molecule has 14 nitrogen and oxygen atoms in total. The molecule has 0 aromatic rings. The van der Waals surface area contributed by atoms with Crippen LogP contribution in [0.15, 0.2) is 60.8 Å². The Morgan fingerprint density at radius 1 is 0.378 bits per heavy atom. The maximum atomic E-state index is 13.4. The Morgan fingerprint density at radius 2 is 0.704 bits per heavy atom. The quantitative estimate of drug-likeness (QED) is 0.0204. The van der Waals surface area contributed by atoms with Crippen molar-refractivity contribution < 1.29 is 64.6 Å². The minimum atomic E-state index is -1.78. The monoisotopic (exact) mass is 1390 g/mol. The van der Waals surface area contributed by atoms with Crippen molar-refractivity contribution in [3.63, 3.8) is 0 Å². The molecule has 12 unspecified atom stereocenters. The van der Waals surface area contributed by atoms with Gasteiger partial charge in [0.05, 0.1) is 32.0 Å². The smallest absolute Gasteiger partial charge is 0.220 e. The molecule has 1 amide bonds.